The molecular formula is C23H29N3O4S. The van der Waals surface area contributed by atoms with Gasteiger partial charge in [0.05, 0.1) is 18.0 Å². The lowest BCUT2D eigenvalue weighted by Crippen LogP contribution is -2.35. The van der Waals surface area contributed by atoms with Gasteiger partial charge in [-0.1, -0.05) is 24.3 Å². The Bertz CT molecular complexity index is 1040. The Morgan fingerprint density at radius 2 is 1.74 bits per heavy atom. The Balaban J connectivity index is 1.32. The smallest absolute Gasteiger partial charge is 0.251 e. The molecule has 1 saturated heterocycles. The molecule has 0 bridgehead atoms. The van der Waals surface area contributed by atoms with E-state index in [9.17, 15) is 18.3 Å². The quantitative estimate of drug-likeness (QED) is 0.712. The predicted octanol–water partition coefficient (Wildman–Crippen LogP) is 1.90. The number of carbonyl (C=O) groups is 1. The van der Waals surface area contributed by atoms with Crippen molar-refractivity contribution >= 4 is 21.6 Å². The van der Waals surface area contributed by atoms with Crippen molar-refractivity contribution in [2.75, 3.05) is 30.2 Å². The molecule has 2 heterocycles. The number of likely N-dealkylation sites (tertiary alicyclic amines) is 1. The molecule has 7 nitrogen and oxygen atoms in total. The minimum Gasteiger partial charge on any atom is -0.393 e. The minimum absolute atomic E-state index is 0.161. The summed E-state index contributed by atoms with van der Waals surface area (Å²) in [6.45, 7) is 3.56. The fraction of sp³-hybridized carbons (Fsp3) is 0.435. The van der Waals surface area contributed by atoms with Crippen molar-refractivity contribution < 1.29 is 18.3 Å². The van der Waals surface area contributed by atoms with E-state index in [0.717, 1.165) is 43.6 Å². The topological polar surface area (TPSA) is 90.0 Å². The van der Waals surface area contributed by atoms with E-state index in [1.54, 1.807) is 18.2 Å². The monoisotopic (exact) mass is 443 g/mol. The average molecular weight is 444 g/mol. The van der Waals surface area contributed by atoms with Gasteiger partial charge in [0.15, 0.2) is 0 Å². The van der Waals surface area contributed by atoms with E-state index >= 15 is 0 Å². The summed E-state index contributed by atoms with van der Waals surface area (Å²) in [4.78, 5) is 14.9. The number of nitrogens with one attached hydrogen (secondary N) is 1. The van der Waals surface area contributed by atoms with Gasteiger partial charge in [-0.2, -0.15) is 0 Å². The molecule has 31 heavy (non-hydrogen) atoms. The lowest BCUT2D eigenvalue weighted by molar-refractivity contribution is 0.0792. The Morgan fingerprint density at radius 1 is 1.06 bits per heavy atom. The Labute approximate surface area is 183 Å². The highest BCUT2D eigenvalue weighted by atomic mass is 32.2. The maximum absolute atomic E-state index is 12.6. The van der Waals surface area contributed by atoms with Gasteiger partial charge >= 0.3 is 0 Å². The van der Waals surface area contributed by atoms with E-state index in [1.165, 1.54) is 16.1 Å². The van der Waals surface area contributed by atoms with Crippen molar-refractivity contribution in [3.63, 3.8) is 0 Å². The van der Waals surface area contributed by atoms with Crippen LogP contribution < -0.4 is 9.62 Å². The SMILES string of the molecule is CS(=O)(=O)N1CCc2cc(C(=O)NCc3ccc(CN4CCC(O)CC4)cc3)ccc21. The maximum atomic E-state index is 12.6. The van der Waals surface area contributed by atoms with Gasteiger partial charge in [-0.3, -0.25) is 14.0 Å². The summed E-state index contributed by atoms with van der Waals surface area (Å²) in [5.41, 5.74) is 4.33. The minimum atomic E-state index is -3.29. The summed E-state index contributed by atoms with van der Waals surface area (Å²) in [6.07, 6.45) is 3.32. The number of sulfonamides is 1. The zero-order chi connectivity index (χ0) is 22.0. The summed E-state index contributed by atoms with van der Waals surface area (Å²) >= 11 is 0. The average Bonchev–Trinajstić information content (AvgIpc) is 3.18. The van der Waals surface area contributed by atoms with Gasteiger partial charge in [0.2, 0.25) is 10.0 Å². The van der Waals surface area contributed by atoms with Crippen molar-refractivity contribution in [2.45, 2.75) is 38.5 Å². The van der Waals surface area contributed by atoms with Gasteiger partial charge in [-0.15, -0.1) is 0 Å². The lowest BCUT2D eigenvalue weighted by atomic mass is 10.1. The molecule has 0 radical (unpaired) electrons. The summed E-state index contributed by atoms with van der Waals surface area (Å²) in [5.74, 6) is -0.170. The molecule has 0 saturated carbocycles. The molecule has 0 atom stereocenters. The fourth-order valence-corrected chi connectivity index (χ4v) is 5.20. The van der Waals surface area contributed by atoms with E-state index in [0.29, 0.717) is 30.8 Å². The molecule has 8 heteroatoms. The summed E-state index contributed by atoms with van der Waals surface area (Å²) < 4.78 is 25.1. The van der Waals surface area contributed by atoms with Crippen LogP contribution in [0.3, 0.4) is 0 Å². The molecule has 1 fully saturated rings. The Kier molecular flexibility index (Phi) is 6.31. The number of carbonyl (C=O) groups excluding carboxylic acids is 1. The van der Waals surface area contributed by atoms with Gasteiger partial charge in [-0.25, -0.2) is 8.42 Å². The number of aliphatic hydroxyl groups excluding tert-OH is 1. The predicted molar refractivity (Wildman–Crippen MR) is 120 cm³/mol. The summed E-state index contributed by atoms with van der Waals surface area (Å²) in [6, 6.07) is 13.4. The van der Waals surface area contributed by atoms with Crippen LogP contribution in [-0.4, -0.2) is 56.3 Å². The first-order valence-electron chi connectivity index (χ1n) is 10.7. The molecule has 2 aliphatic heterocycles. The van der Waals surface area contributed by atoms with Crippen LogP contribution in [0.5, 0.6) is 0 Å². The van der Waals surface area contributed by atoms with Crippen LogP contribution in [0, 0.1) is 0 Å². The van der Waals surface area contributed by atoms with Crippen LogP contribution in [0.4, 0.5) is 5.69 Å². The first-order valence-corrected chi connectivity index (χ1v) is 12.5. The van der Waals surface area contributed by atoms with E-state index in [4.69, 9.17) is 0 Å². The highest BCUT2D eigenvalue weighted by Crippen LogP contribution is 2.30. The molecule has 0 unspecified atom stereocenters. The van der Waals surface area contributed by atoms with Crippen LogP contribution >= 0.6 is 0 Å². The normalized spacial score (nSPS) is 17.5. The number of piperidine rings is 1. The van der Waals surface area contributed by atoms with E-state index in [1.807, 2.05) is 12.1 Å². The van der Waals surface area contributed by atoms with Gasteiger partial charge in [0.1, 0.15) is 0 Å². The fourth-order valence-electron chi connectivity index (χ4n) is 4.24. The summed E-state index contributed by atoms with van der Waals surface area (Å²) in [7, 11) is -3.29. The molecule has 0 aromatic heterocycles. The molecule has 0 aliphatic carbocycles. The van der Waals surface area contributed by atoms with Crippen molar-refractivity contribution in [1.29, 1.82) is 0 Å². The standard InChI is InChI=1S/C23H29N3O4S/c1-31(29,30)26-13-8-19-14-20(6-7-22(19)26)23(28)24-15-17-2-4-18(5-3-17)16-25-11-9-21(27)10-12-25/h2-7,14,21,27H,8-13,15-16H2,1H3,(H,24,28). The van der Waals surface area contributed by atoms with E-state index in [-0.39, 0.29) is 12.0 Å². The molecular weight excluding hydrogens is 414 g/mol. The first-order chi connectivity index (χ1) is 14.8. The molecule has 4 rings (SSSR count). The van der Waals surface area contributed by atoms with Gasteiger partial charge < -0.3 is 10.4 Å². The number of anilines is 1. The zero-order valence-electron chi connectivity index (χ0n) is 17.8. The van der Waals surface area contributed by atoms with Crippen LogP contribution in [0.1, 0.15) is 39.9 Å². The number of hydrogen-bond acceptors (Lipinski definition) is 5. The molecule has 1 amide bonds. The highest BCUT2D eigenvalue weighted by Gasteiger charge is 2.26. The van der Waals surface area contributed by atoms with E-state index < -0.39 is 10.0 Å². The third kappa shape index (κ3) is 5.26. The van der Waals surface area contributed by atoms with Crippen LogP contribution in [0.25, 0.3) is 0 Å². The number of fused-ring (bicyclic) bond motifs is 1. The Morgan fingerprint density at radius 3 is 2.42 bits per heavy atom. The second-order valence-electron chi connectivity index (χ2n) is 8.44. The zero-order valence-corrected chi connectivity index (χ0v) is 18.6. The third-order valence-corrected chi connectivity index (χ3v) is 7.21. The number of amides is 1. The highest BCUT2D eigenvalue weighted by molar-refractivity contribution is 7.92. The van der Waals surface area contributed by atoms with Crippen molar-refractivity contribution in [3.8, 4) is 0 Å². The van der Waals surface area contributed by atoms with Crippen molar-refractivity contribution in [1.82, 2.24) is 10.2 Å². The van der Waals surface area contributed by atoms with Crippen molar-refractivity contribution in [3.05, 3.63) is 64.7 Å². The van der Waals surface area contributed by atoms with Crippen LogP contribution in [0.15, 0.2) is 42.5 Å². The molecule has 166 valence electrons. The number of hydrogen-bond donors (Lipinski definition) is 2. The van der Waals surface area contributed by atoms with Crippen LogP contribution in [-0.2, 0) is 29.5 Å². The number of benzene rings is 2. The second-order valence-corrected chi connectivity index (χ2v) is 10.3. The lowest BCUT2D eigenvalue weighted by Gasteiger charge is -2.29. The number of rotatable bonds is 6. The maximum Gasteiger partial charge on any atom is 0.251 e. The summed E-state index contributed by atoms with van der Waals surface area (Å²) in [5, 5.41) is 12.6. The molecule has 2 N–H and O–H groups in total. The molecule has 0 spiro atoms. The second kappa shape index (κ2) is 8.98. The van der Waals surface area contributed by atoms with Gasteiger partial charge in [0.25, 0.3) is 5.91 Å². The Hall–Kier alpha value is -2.42. The van der Waals surface area contributed by atoms with Crippen molar-refractivity contribution in [2.24, 2.45) is 0 Å². The number of nitrogens with zero attached hydrogens (tertiary/aromatic N) is 2. The molecule has 2 aliphatic rings. The van der Waals surface area contributed by atoms with Gasteiger partial charge in [0, 0.05) is 38.3 Å². The first kappa shape index (κ1) is 21.8. The van der Waals surface area contributed by atoms with Gasteiger partial charge in [-0.05, 0) is 54.2 Å². The molecule has 2 aromatic carbocycles. The van der Waals surface area contributed by atoms with E-state index in [2.05, 4.69) is 22.3 Å². The third-order valence-electron chi connectivity index (χ3n) is 6.03. The largest absolute Gasteiger partial charge is 0.393 e. The van der Waals surface area contributed by atoms with Crippen LogP contribution in [0.2, 0.25) is 0 Å². The molecule has 2 aromatic rings. The number of aliphatic hydroxyl groups is 1.